The van der Waals surface area contributed by atoms with E-state index < -0.39 is 12.0 Å². The van der Waals surface area contributed by atoms with E-state index in [0.29, 0.717) is 35.4 Å². The van der Waals surface area contributed by atoms with Crippen molar-refractivity contribution in [1.29, 1.82) is 0 Å². The number of fused-ring (bicyclic) bond motifs is 1. The third kappa shape index (κ3) is 4.78. The summed E-state index contributed by atoms with van der Waals surface area (Å²) in [7, 11) is 0. The number of anilines is 1. The van der Waals surface area contributed by atoms with Crippen LogP contribution < -0.4 is 11.1 Å². The molecule has 0 bridgehead atoms. The van der Waals surface area contributed by atoms with Gasteiger partial charge in [0.1, 0.15) is 17.5 Å². The number of nitrogen functional groups attached to an aromatic ring is 1. The molecule has 154 valence electrons. The molecule has 0 radical (unpaired) electrons. The van der Waals surface area contributed by atoms with Crippen molar-refractivity contribution < 1.29 is 19.4 Å². The summed E-state index contributed by atoms with van der Waals surface area (Å²) in [6, 6.07) is 1.64. The molecule has 10 nitrogen and oxygen atoms in total. The van der Waals surface area contributed by atoms with Gasteiger partial charge in [0, 0.05) is 24.1 Å². The highest BCUT2D eigenvalue weighted by atomic mass is 79.9. The zero-order valence-corrected chi connectivity index (χ0v) is 17.6. The van der Waals surface area contributed by atoms with Gasteiger partial charge < -0.3 is 25.6 Å². The van der Waals surface area contributed by atoms with Crippen LogP contribution >= 0.6 is 15.9 Å². The number of nitrogens with two attached hydrogens (primary N) is 1. The number of hydrogen-bond acceptors (Lipinski definition) is 8. The summed E-state index contributed by atoms with van der Waals surface area (Å²) >= 11 is 3.38. The molecule has 0 spiro atoms. The van der Waals surface area contributed by atoms with Crippen molar-refractivity contribution in [2.75, 3.05) is 32.0 Å². The number of ether oxygens (including phenoxy) is 2. The second-order valence-electron chi connectivity index (χ2n) is 7.54. The quantitative estimate of drug-likeness (QED) is 0.557. The predicted octanol–water partition coefficient (Wildman–Crippen LogP) is 0.596. The van der Waals surface area contributed by atoms with Crippen LogP contribution in [0.2, 0.25) is 0 Å². The zero-order chi connectivity index (χ0) is 20.5. The molecule has 3 heterocycles. The van der Waals surface area contributed by atoms with Gasteiger partial charge in [0.05, 0.1) is 18.3 Å². The van der Waals surface area contributed by atoms with Crippen molar-refractivity contribution in [3.63, 3.8) is 0 Å². The van der Waals surface area contributed by atoms with Crippen molar-refractivity contribution in [1.82, 2.24) is 24.8 Å². The lowest BCUT2D eigenvalue weighted by molar-refractivity contribution is -0.255. The summed E-state index contributed by atoms with van der Waals surface area (Å²) in [5.41, 5.74) is 6.26. The second-order valence-corrected chi connectivity index (χ2v) is 8.39. The molecule has 1 unspecified atom stereocenters. The number of amides is 1. The fraction of sp³-hybridized carbons (Fsp3) is 0.588. The summed E-state index contributed by atoms with van der Waals surface area (Å²) in [5.74, 6) is -0.0361. The first-order chi connectivity index (χ1) is 13.2. The average molecular weight is 457 g/mol. The Morgan fingerprint density at radius 2 is 2.32 bits per heavy atom. The minimum atomic E-state index is -1.02. The lowest BCUT2D eigenvalue weighted by Crippen LogP contribution is -2.53. The van der Waals surface area contributed by atoms with E-state index in [0.717, 1.165) is 0 Å². The molecule has 4 N–H and O–H groups in total. The molecule has 0 aliphatic carbocycles. The minimum absolute atomic E-state index is 0.273. The van der Waals surface area contributed by atoms with E-state index in [1.54, 1.807) is 11.0 Å². The van der Waals surface area contributed by atoms with Gasteiger partial charge in [0.15, 0.2) is 5.82 Å². The van der Waals surface area contributed by atoms with Crippen LogP contribution in [0.1, 0.15) is 31.3 Å². The molecule has 0 saturated carbocycles. The number of halogens is 1. The van der Waals surface area contributed by atoms with Crippen LogP contribution in [0.4, 0.5) is 5.82 Å². The van der Waals surface area contributed by atoms with Crippen LogP contribution in [0.5, 0.6) is 0 Å². The number of rotatable bonds is 5. The molecule has 2 atom stereocenters. The predicted molar refractivity (Wildman–Crippen MR) is 106 cm³/mol. The van der Waals surface area contributed by atoms with Crippen molar-refractivity contribution in [2.24, 2.45) is 0 Å². The third-order valence-corrected chi connectivity index (χ3v) is 4.81. The molecule has 1 amide bonds. The van der Waals surface area contributed by atoms with Gasteiger partial charge in [-0.15, -0.1) is 0 Å². The van der Waals surface area contributed by atoms with Crippen molar-refractivity contribution in [2.45, 2.75) is 38.9 Å². The molecule has 2 aromatic rings. The molecule has 1 aliphatic heterocycles. The van der Waals surface area contributed by atoms with Gasteiger partial charge in [0.2, 0.25) is 6.41 Å². The van der Waals surface area contributed by atoms with Crippen molar-refractivity contribution in [3.8, 4) is 0 Å². The molecule has 0 aromatic carbocycles. The van der Waals surface area contributed by atoms with E-state index in [1.165, 1.54) is 10.8 Å². The number of nitrogens with zero attached hydrogens (tertiary/aromatic N) is 4. The molecule has 1 fully saturated rings. The van der Waals surface area contributed by atoms with E-state index in [-0.39, 0.29) is 24.4 Å². The van der Waals surface area contributed by atoms with Gasteiger partial charge in [-0.3, -0.25) is 9.69 Å². The Balaban J connectivity index is 1.61. The zero-order valence-electron chi connectivity index (χ0n) is 16.1. The largest absolute Gasteiger partial charge is 0.382 e. The minimum Gasteiger partial charge on any atom is -0.382 e. The number of aliphatic hydroxyl groups is 1. The number of aromatic nitrogens is 3. The summed E-state index contributed by atoms with van der Waals surface area (Å²) in [6.45, 7) is 7.34. The van der Waals surface area contributed by atoms with Crippen LogP contribution in [-0.2, 0) is 9.47 Å². The molecule has 1 aliphatic rings. The van der Waals surface area contributed by atoms with Crippen LogP contribution in [0.25, 0.3) is 5.52 Å². The Morgan fingerprint density at radius 3 is 3.04 bits per heavy atom. The Kier molecular flexibility index (Phi) is 6.20. The van der Waals surface area contributed by atoms with Crippen LogP contribution in [0.3, 0.4) is 0 Å². The Hall–Kier alpha value is -1.79. The third-order valence-electron chi connectivity index (χ3n) is 4.20. The first kappa shape index (κ1) is 20.9. The maximum atomic E-state index is 12.6. The topological polar surface area (TPSA) is 127 Å². The smallest absolute Gasteiger partial charge is 0.270 e. The highest BCUT2D eigenvalue weighted by Crippen LogP contribution is 2.25. The molecule has 1 saturated heterocycles. The highest BCUT2D eigenvalue weighted by Gasteiger charge is 2.29. The number of carbonyl (C=O) groups is 1. The molecule has 2 aromatic heterocycles. The number of aliphatic hydroxyl groups excluding tert-OH is 1. The maximum Gasteiger partial charge on any atom is 0.270 e. The fourth-order valence-corrected chi connectivity index (χ4v) is 3.53. The lowest BCUT2D eigenvalue weighted by Gasteiger charge is -2.37. The fourth-order valence-electron chi connectivity index (χ4n) is 2.94. The van der Waals surface area contributed by atoms with Crippen LogP contribution in [0.15, 0.2) is 16.9 Å². The number of morpholine rings is 1. The molecular weight excluding hydrogens is 432 g/mol. The Morgan fingerprint density at radius 1 is 1.57 bits per heavy atom. The second kappa shape index (κ2) is 8.29. The standard InChI is InChI=1S/C17H25BrN6O4/c1-17(2,3)28-16(26)23-4-5-27-10(8-23)7-20-15(25)12-6-11(18)13-14(19)21-9-22-24(12)13/h6,9-10,16,26H,4-5,7-8H2,1-3H3,(H,20,25)(H2,19,21,22)/t10?,16-/m0/s1. The Bertz CT molecular complexity index is 852. The monoisotopic (exact) mass is 456 g/mol. The highest BCUT2D eigenvalue weighted by molar-refractivity contribution is 9.10. The molecular formula is C17H25BrN6O4. The first-order valence-electron chi connectivity index (χ1n) is 8.93. The normalized spacial score (nSPS) is 19.7. The van der Waals surface area contributed by atoms with Crippen molar-refractivity contribution in [3.05, 3.63) is 22.6 Å². The lowest BCUT2D eigenvalue weighted by atomic mass is 10.2. The van der Waals surface area contributed by atoms with Gasteiger partial charge in [-0.05, 0) is 42.8 Å². The summed E-state index contributed by atoms with van der Waals surface area (Å²) in [4.78, 5) is 18.3. The van der Waals surface area contributed by atoms with E-state index in [9.17, 15) is 9.90 Å². The van der Waals surface area contributed by atoms with Gasteiger partial charge in [-0.1, -0.05) is 0 Å². The van der Waals surface area contributed by atoms with Gasteiger partial charge in [0.25, 0.3) is 5.91 Å². The molecule has 28 heavy (non-hydrogen) atoms. The van der Waals surface area contributed by atoms with Crippen LogP contribution in [-0.4, -0.2) is 74.9 Å². The number of nitrogens with one attached hydrogen (secondary N) is 1. The summed E-state index contributed by atoms with van der Waals surface area (Å²) in [6.07, 6.45) is 0.00202. The molecule has 11 heteroatoms. The summed E-state index contributed by atoms with van der Waals surface area (Å²) in [5, 5.41) is 17.2. The van der Waals surface area contributed by atoms with E-state index in [4.69, 9.17) is 15.2 Å². The number of carbonyl (C=O) groups excluding carboxylic acids is 1. The van der Waals surface area contributed by atoms with Crippen molar-refractivity contribution >= 4 is 33.2 Å². The van der Waals surface area contributed by atoms with E-state index in [2.05, 4.69) is 31.3 Å². The number of hydrogen-bond donors (Lipinski definition) is 3. The SMILES string of the molecule is CC(C)(C)O[C@H](O)N1CCOC(CNC(=O)c2cc(Br)c3c(N)ncnn23)C1. The van der Waals surface area contributed by atoms with Gasteiger partial charge in [-0.2, -0.15) is 5.10 Å². The summed E-state index contributed by atoms with van der Waals surface area (Å²) < 4.78 is 13.4. The maximum absolute atomic E-state index is 12.6. The Labute approximate surface area is 171 Å². The van der Waals surface area contributed by atoms with E-state index >= 15 is 0 Å². The van der Waals surface area contributed by atoms with Crippen LogP contribution in [0, 0.1) is 0 Å². The molecule has 3 rings (SSSR count). The van der Waals surface area contributed by atoms with Gasteiger partial charge >= 0.3 is 0 Å². The first-order valence-corrected chi connectivity index (χ1v) is 9.72. The van der Waals surface area contributed by atoms with Gasteiger partial charge in [-0.25, -0.2) is 9.50 Å². The van der Waals surface area contributed by atoms with E-state index in [1.807, 2.05) is 20.8 Å². The average Bonchev–Trinajstić information content (AvgIpc) is 2.97.